The van der Waals surface area contributed by atoms with E-state index in [0.29, 0.717) is 16.6 Å². The number of anilines is 1. The van der Waals surface area contributed by atoms with Crippen LogP contribution in [-0.4, -0.2) is 22.7 Å². The van der Waals surface area contributed by atoms with Crippen molar-refractivity contribution in [1.82, 2.24) is 5.32 Å². The maximum atomic E-state index is 13.3. The quantitative estimate of drug-likeness (QED) is 0.610. The van der Waals surface area contributed by atoms with Gasteiger partial charge in [-0.25, -0.2) is 4.79 Å². The Hall–Kier alpha value is -3.54. The van der Waals surface area contributed by atoms with E-state index in [1.54, 1.807) is 57.2 Å². The number of phenolic OH excluding ortho intramolecular Hbond substituents is 1. The number of hydrogen-bond donors (Lipinski definition) is 3. The maximum Gasteiger partial charge on any atom is 0.409 e. The molecule has 0 saturated heterocycles. The Morgan fingerprint density at radius 2 is 1.69 bits per heavy atom. The summed E-state index contributed by atoms with van der Waals surface area (Å²) in [6, 6.07) is 17.9. The summed E-state index contributed by atoms with van der Waals surface area (Å²) in [5.74, 6) is -0.527. The number of benzene rings is 3. The van der Waals surface area contributed by atoms with Crippen molar-refractivity contribution >= 4 is 28.5 Å². The molecule has 1 aliphatic heterocycles. The number of amides is 2. The highest BCUT2D eigenvalue weighted by Gasteiger charge is 2.51. The molecule has 6 heteroatoms. The van der Waals surface area contributed by atoms with Gasteiger partial charge in [0.15, 0.2) is 5.54 Å². The van der Waals surface area contributed by atoms with E-state index in [9.17, 15) is 14.7 Å². The van der Waals surface area contributed by atoms with Gasteiger partial charge in [-0.05, 0) is 32.2 Å². The first-order valence-electron chi connectivity index (χ1n) is 9.36. The SMILES string of the molecule is CC(C)(C)OC(=O)NC1(c2ccc3ccccc3c2O)C(=O)Nc2ccccc21. The third kappa shape index (κ3) is 3.06. The van der Waals surface area contributed by atoms with E-state index in [2.05, 4.69) is 10.6 Å². The Labute approximate surface area is 168 Å². The second kappa shape index (κ2) is 6.51. The Morgan fingerprint density at radius 3 is 2.45 bits per heavy atom. The lowest BCUT2D eigenvalue weighted by molar-refractivity contribution is -0.120. The lowest BCUT2D eigenvalue weighted by Gasteiger charge is -2.31. The zero-order valence-corrected chi connectivity index (χ0v) is 16.4. The number of carbonyl (C=O) groups excluding carboxylic acids is 2. The minimum atomic E-state index is -1.62. The number of ether oxygens (including phenoxy) is 1. The van der Waals surface area contributed by atoms with Crippen LogP contribution in [0.25, 0.3) is 10.8 Å². The highest BCUT2D eigenvalue weighted by Crippen LogP contribution is 2.45. The van der Waals surface area contributed by atoms with Gasteiger partial charge < -0.3 is 15.2 Å². The summed E-state index contributed by atoms with van der Waals surface area (Å²) in [6.07, 6.45) is -0.753. The van der Waals surface area contributed by atoms with Crippen molar-refractivity contribution in [2.24, 2.45) is 0 Å². The molecule has 3 aromatic rings. The molecule has 1 aliphatic rings. The van der Waals surface area contributed by atoms with Gasteiger partial charge >= 0.3 is 6.09 Å². The zero-order valence-electron chi connectivity index (χ0n) is 16.4. The fourth-order valence-electron chi connectivity index (χ4n) is 3.73. The van der Waals surface area contributed by atoms with E-state index in [-0.39, 0.29) is 11.3 Å². The smallest absolute Gasteiger partial charge is 0.409 e. The summed E-state index contributed by atoms with van der Waals surface area (Å²) in [6.45, 7) is 5.24. The first-order chi connectivity index (χ1) is 13.7. The van der Waals surface area contributed by atoms with E-state index >= 15 is 0 Å². The number of alkyl carbamates (subject to hydrolysis) is 1. The van der Waals surface area contributed by atoms with E-state index in [4.69, 9.17) is 4.74 Å². The molecule has 4 rings (SSSR count). The van der Waals surface area contributed by atoms with Gasteiger partial charge in [0, 0.05) is 22.2 Å². The number of carbonyl (C=O) groups is 2. The van der Waals surface area contributed by atoms with Gasteiger partial charge in [-0.15, -0.1) is 0 Å². The number of para-hydroxylation sites is 1. The summed E-state index contributed by atoms with van der Waals surface area (Å²) < 4.78 is 5.43. The minimum absolute atomic E-state index is 0.0639. The van der Waals surface area contributed by atoms with Gasteiger partial charge in [-0.3, -0.25) is 10.1 Å². The highest BCUT2D eigenvalue weighted by molar-refractivity contribution is 6.11. The molecule has 1 unspecified atom stereocenters. The number of rotatable bonds is 2. The van der Waals surface area contributed by atoms with E-state index in [0.717, 1.165) is 5.39 Å². The fourth-order valence-corrected chi connectivity index (χ4v) is 3.73. The average molecular weight is 390 g/mol. The predicted octanol–water partition coefficient (Wildman–Crippen LogP) is 4.27. The Bertz CT molecular complexity index is 1130. The van der Waals surface area contributed by atoms with Crippen LogP contribution in [0.15, 0.2) is 60.7 Å². The highest BCUT2D eigenvalue weighted by atomic mass is 16.6. The average Bonchev–Trinajstić information content (AvgIpc) is 2.93. The molecule has 1 atom stereocenters. The van der Waals surface area contributed by atoms with Crippen LogP contribution in [0.5, 0.6) is 5.75 Å². The number of phenols is 1. The van der Waals surface area contributed by atoms with Crippen LogP contribution in [0.3, 0.4) is 0 Å². The van der Waals surface area contributed by atoms with Gasteiger partial charge in [0.05, 0.1) is 0 Å². The Morgan fingerprint density at radius 1 is 1.00 bits per heavy atom. The molecule has 0 spiro atoms. The molecular formula is C23H22N2O4. The number of fused-ring (bicyclic) bond motifs is 2. The third-order valence-electron chi connectivity index (χ3n) is 4.91. The summed E-state index contributed by atoms with van der Waals surface area (Å²) >= 11 is 0. The normalized spacial score (nSPS) is 18.2. The first kappa shape index (κ1) is 18.8. The van der Waals surface area contributed by atoms with Crippen molar-refractivity contribution < 1.29 is 19.4 Å². The first-order valence-corrected chi connectivity index (χ1v) is 9.36. The number of hydrogen-bond acceptors (Lipinski definition) is 4. The predicted molar refractivity (Wildman–Crippen MR) is 111 cm³/mol. The molecule has 0 saturated carbocycles. The molecule has 148 valence electrons. The van der Waals surface area contributed by atoms with Crippen LogP contribution < -0.4 is 10.6 Å². The van der Waals surface area contributed by atoms with Crippen molar-refractivity contribution in [2.75, 3.05) is 5.32 Å². The summed E-state index contributed by atoms with van der Waals surface area (Å²) in [7, 11) is 0. The molecule has 0 aromatic heterocycles. The van der Waals surface area contributed by atoms with Crippen LogP contribution in [0.2, 0.25) is 0 Å². The second-order valence-corrected chi connectivity index (χ2v) is 8.06. The Balaban J connectivity index is 1.95. The largest absolute Gasteiger partial charge is 0.507 e. The lowest BCUT2D eigenvalue weighted by atomic mass is 9.82. The molecule has 1 heterocycles. The van der Waals surface area contributed by atoms with Crippen LogP contribution in [-0.2, 0) is 15.1 Å². The summed E-state index contributed by atoms with van der Waals surface area (Å²) in [5.41, 5.74) is -0.967. The third-order valence-corrected chi connectivity index (χ3v) is 4.91. The molecule has 2 amide bonds. The van der Waals surface area contributed by atoms with Crippen molar-refractivity contribution in [1.29, 1.82) is 0 Å². The van der Waals surface area contributed by atoms with E-state index < -0.39 is 23.1 Å². The topological polar surface area (TPSA) is 87.7 Å². The molecule has 0 bridgehead atoms. The molecule has 0 aliphatic carbocycles. The van der Waals surface area contributed by atoms with Gasteiger partial charge in [0.2, 0.25) is 0 Å². The molecule has 3 aromatic carbocycles. The Kier molecular flexibility index (Phi) is 4.22. The van der Waals surface area contributed by atoms with E-state index in [1.807, 2.05) is 24.3 Å². The molecule has 0 radical (unpaired) electrons. The van der Waals surface area contributed by atoms with Gasteiger partial charge in [0.1, 0.15) is 11.4 Å². The van der Waals surface area contributed by atoms with Crippen LogP contribution in [0.1, 0.15) is 31.9 Å². The molecule has 29 heavy (non-hydrogen) atoms. The number of aromatic hydroxyl groups is 1. The summed E-state index contributed by atoms with van der Waals surface area (Å²) in [4.78, 5) is 26.0. The maximum absolute atomic E-state index is 13.3. The van der Waals surface area contributed by atoms with Crippen molar-refractivity contribution in [3.63, 3.8) is 0 Å². The van der Waals surface area contributed by atoms with Crippen molar-refractivity contribution in [3.8, 4) is 5.75 Å². The second-order valence-electron chi connectivity index (χ2n) is 8.06. The molecule has 3 N–H and O–H groups in total. The van der Waals surface area contributed by atoms with E-state index in [1.165, 1.54) is 0 Å². The summed E-state index contributed by atoms with van der Waals surface area (Å²) in [5, 5.41) is 18.1. The molecule has 0 fully saturated rings. The fraction of sp³-hybridized carbons (Fsp3) is 0.217. The van der Waals surface area contributed by atoms with Gasteiger partial charge in [-0.1, -0.05) is 54.6 Å². The van der Waals surface area contributed by atoms with Gasteiger partial charge in [-0.2, -0.15) is 0 Å². The lowest BCUT2D eigenvalue weighted by Crippen LogP contribution is -2.52. The molecular weight excluding hydrogens is 368 g/mol. The van der Waals surface area contributed by atoms with Crippen molar-refractivity contribution in [3.05, 3.63) is 71.8 Å². The van der Waals surface area contributed by atoms with Crippen LogP contribution in [0.4, 0.5) is 10.5 Å². The zero-order chi connectivity index (χ0) is 20.8. The number of nitrogens with one attached hydrogen (secondary N) is 2. The van der Waals surface area contributed by atoms with Gasteiger partial charge in [0.25, 0.3) is 5.91 Å². The molecule has 6 nitrogen and oxygen atoms in total. The van der Waals surface area contributed by atoms with Crippen LogP contribution >= 0.6 is 0 Å². The minimum Gasteiger partial charge on any atom is -0.507 e. The standard InChI is InChI=1S/C23H22N2O4/c1-22(2,3)29-21(28)25-23(16-10-6-7-11-18(16)24-20(23)27)17-13-12-14-8-4-5-9-15(14)19(17)26/h4-13,26H,1-3H3,(H,24,27)(H,25,28). The van der Waals surface area contributed by atoms with Crippen LogP contribution in [0, 0.1) is 0 Å². The van der Waals surface area contributed by atoms with Crippen molar-refractivity contribution in [2.45, 2.75) is 31.9 Å². The monoisotopic (exact) mass is 390 g/mol.